The summed E-state index contributed by atoms with van der Waals surface area (Å²) in [5.74, 6) is -0.677. The standard InChI is InChI=1S/C21H21BrF3N3O2/c22-18-7-1-15(2-8-18)13-28(14-19(29)27-11-9-26-10-12-27)20(30)16-3-5-17(6-4-16)21(23,24)25/h1-8,26H,9-14H2. The molecule has 0 aromatic heterocycles. The summed E-state index contributed by atoms with van der Waals surface area (Å²) in [4.78, 5) is 28.8. The summed E-state index contributed by atoms with van der Waals surface area (Å²) in [5, 5.41) is 3.16. The Morgan fingerprint density at radius 2 is 1.60 bits per heavy atom. The van der Waals surface area contributed by atoms with Gasteiger partial charge in [-0.1, -0.05) is 28.1 Å². The van der Waals surface area contributed by atoms with Gasteiger partial charge in [0.05, 0.1) is 5.56 Å². The average Bonchev–Trinajstić information content (AvgIpc) is 2.74. The number of rotatable bonds is 5. The average molecular weight is 484 g/mol. The molecule has 1 fully saturated rings. The topological polar surface area (TPSA) is 52.7 Å². The lowest BCUT2D eigenvalue weighted by Gasteiger charge is -2.30. The van der Waals surface area contributed by atoms with Gasteiger partial charge in [0.25, 0.3) is 5.91 Å². The molecule has 0 spiro atoms. The maximum atomic E-state index is 13.0. The van der Waals surface area contributed by atoms with Crippen LogP contribution in [0.2, 0.25) is 0 Å². The number of carbonyl (C=O) groups is 2. The van der Waals surface area contributed by atoms with Crippen molar-refractivity contribution >= 4 is 27.7 Å². The van der Waals surface area contributed by atoms with Gasteiger partial charge in [0, 0.05) is 42.8 Å². The molecular formula is C21H21BrF3N3O2. The van der Waals surface area contributed by atoms with Crippen LogP contribution in [0.15, 0.2) is 53.0 Å². The van der Waals surface area contributed by atoms with Crippen molar-refractivity contribution < 1.29 is 22.8 Å². The molecule has 0 unspecified atom stereocenters. The Morgan fingerprint density at radius 1 is 1.00 bits per heavy atom. The maximum absolute atomic E-state index is 13.0. The number of hydrogen-bond acceptors (Lipinski definition) is 3. The summed E-state index contributed by atoms with van der Waals surface area (Å²) in [6, 6.07) is 11.4. The fraction of sp³-hybridized carbons (Fsp3) is 0.333. The first-order valence-corrected chi connectivity index (χ1v) is 10.2. The molecule has 3 rings (SSSR count). The van der Waals surface area contributed by atoms with E-state index in [1.807, 2.05) is 24.3 Å². The van der Waals surface area contributed by atoms with Crippen molar-refractivity contribution in [3.05, 3.63) is 69.7 Å². The Morgan fingerprint density at radius 3 is 2.17 bits per heavy atom. The van der Waals surface area contributed by atoms with E-state index in [-0.39, 0.29) is 24.6 Å². The number of halogens is 4. The molecule has 5 nitrogen and oxygen atoms in total. The van der Waals surface area contributed by atoms with Gasteiger partial charge in [0.1, 0.15) is 6.54 Å². The molecule has 0 aliphatic carbocycles. The van der Waals surface area contributed by atoms with Gasteiger partial charge in [0.2, 0.25) is 5.91 Å². The number of amides is 2. The van der Waals surface area contributed by atoms with E-state index in [4.69, 9.17) is 0 Å². The minimum atomic E-state index is -4.48. The first-order chi connectivity index (χ1) is 14.2. The minimum Gasteiger partial charge on any atom is -0.339 e. The largest absolute Gasteiger partial charge is 0.416 e. The highest BCUT2D eigenvalue weighted by Crippen LogP contribution is 2.29. The van der Waals surface area contributed by atoms with E-state index in [0.717, 1.165) is 34.3 Å². The number of carbonyl (C=O) groups excluding carboxylic acids is 2. The molecule has 30 heavy (non-hydrogen) atoms. The summed E-state index contributed by atoms with van der Waals surface area (Å²) in [5.41, 5.74) is 0.0928. The molecule has 1 aliphatic rings. The van der Waals surface area contributed by atoms with Crippen LogP contribution >= 0.6 is 15.9 Å². The first-order valence-electron chi connectivity index (χ1n) is 9.43. The third-order valence-corrected chi connectivity index (χ3v) is 5.36. The molecule has 1 heterocycles. The summed E-state index contributed by atoms with van der Waals surface area (Å²) < 4.78 is 39.3. The van der Waals surface area contributed by atoms with Gasteiger partial charge in [0.15, 0.2) is 0 Å². The Bertz CT molecular complexity index is 880. The van der Waals surface area contributed by atoms with Gasteiger partial charge >= 0.3 is 6.18 Å². The Balaban J connectivity index is 1.80. The van der Waals surface area contributed by atoms with Crippen molar-refractivity contribution in [2.45, 2.75) is 12.7 Å². The Kier molecular flexibility index (Phi) is 7.14. The minimum absolute atomic E-state index is 0.105. The van der Waals surface area contributed by atoms with Crippen LogP contribution < -0.4 is 5.32 Å². The van der Waals surface area contributed by atoms with Gasteiger partial charge in [-0.3, -0.25) is 9.59 Å². The van der Waals surface area contributed by atoms with Crippen molar-refractivity contribution in [2.24, 2.45) is 0 Å². The van der Waals surface area contributed by atoms with E-state index in [0.29, 0.717) is 26.2 Å². The van der Waals surface area contributed by atoms with Crippen LogP contribution in [0.1, 0.15) is 21.5 Å². The summed E-state index contributed by atoms with van der Waals surface area (Å²) >= 11 is 3.35. The third-order valence-electron chi connectivity index (χ3n) is 4.83. The summed E-state index contributed by atoms with van der Waals surface area (Å²) in [7, 11) is 0. The van der Waals surface area contributed by atoms with Crippen molar-refractivity contribution in [3.63, 3.8) is 0 Å². The highest BCUT2D eigenvalue weighted by atomic mass is 79.9. The van der Waals surface area contributed by atoms with Crippen LogP contribution in [-0.2, 0) is 17.5 Å². The van der Waals surface area contributed by atoms with Crippen LogP contribution in [0.4, 0.5) is 13.2 Å². The van der Waals surface area contributed by atoms with Crippen LogP contribution in [0.25, 0.3) is 0 Å². The lowest BCUT2D eigenvalue weighted by atomic mass is 10.1. The van der Waals surface area contributed by atoms with E-state index >= 15 is 0 Å². The van der Waals surface area contributed by atoms with Crippen molar-refractivity contribution in [3.8, 4) is 0 Å². The van der Waals surface area contributed by atoms with E-state index in [1.165, 1.54) is 4.90 Å². The second-order valence-corrected chi connectivity index (χ2v) is 7.91. The van der Waals surface area contributed by atoms with E-state index < -0.39 is 17.6 Å². The predicted molar refractivity (Wildman–Crippen MR) is 110 cm³/mol. The molecule has 0 saturated carbocycles. The molecular weight excluding hydrogens is 463 g/mol. The maximum Gasteiger partial charge on any atom is 0.416 e. The van der Waals surface area contributed by atoms with Crippen LogP contribution in [0, 0.1) is 0 Å². The van der Waals surface area contributed by atoms with E-state index in [2.05, 4.69) is 21.2 Å². The number of alkyl halides is 3. The van der Waals surface area contributed by atoms with Gasteiger partial charge in [-0.2, -0.15) is 13.2 Å². The normalized spacial score (nSPS) is 14.5. The first kappa shape index (κ1) is 22.3. The van der Waals surface area contributed by atoms with Crippen LogP contribution in [-0.4, -0.2) is 54.3 Å². The van der Waals surface area contributed by atoms with Crippen molar-refractivity contribution in [1.82, 2.24) is 15.1 Å². The molecule has 0 bridgehead atoms. The highest BCUT2D eigenvalue weighted by molar-refractivity contribution is 9.10. The SMILES string of the molecule is O=C(CN(Cc1ccc(Br)cc1)C(=O)c1ccc(C(F)(F)F)cc1)N1CCNCC1. The lowest BCUT2D eigenvalue weighted by Crippen LogP contribution is -2.50. The second-order valence-electron chi connectivity index (χ2n) is 6.99. The zero-order chi connectivity index (χ0) is 21.7. The lowest BCUT2D eigenvalue weighted by molar-refractivity contribution is -0.137. The smallest absolute Gasteiger partial charge is 0.339 e. The number of benzene rings is 2. The van der Waals surface area contributed by atoms with Crippen LogP contribution in [0.3, 0.4) is 0 Å². The van der Waals surface area contributed by atoms with Crippen LogP contribution in [0.5, 0.6) is 0 Å². The van der Waals surface area contributed by atoms with E-state index in [1.54, 1.807) is 4.90 Å². The number of nitrogens with zero attached hydrogens (tertiary/aromatic N) is 2. The molecule has 2 aromatic carbocycles. The van der Waals surface area contributed by atoms with Gasteiger partial charge in [-0.05, 0) is 42.0 Å². The molecule has 9 heteroatoms. The summed E-state index contributed by atoms with van der Waals surface area (Å²) in [6.07, 6.45) is -4.48. The third kappa shape index (κ3) is 5.82. The second kappa shape index (κ2) is 9.61. The van der Waals surface area contributed by atoms with Gasteiger partial charge in [-0.25, -0.2) is 0 Å². The fourth-order valence-corrected chi connectivity index (χ4v) is 3.44. The molecule has 0 radical (unpaired) electrons. The van der Waals surface area contributed by atoms with Gasteiger partial charge in [-0.15, -0.1) is 0 Å². The molecule has 0 atom stereocenters. The molecule has 1 N–H and O–H groups in total. The Hall–Kier alpha value is -2.39. The number of hydrogen-bond donors (Lipinski definition) is 1. The quantitative estimate of drug-likeness (QED) is 0.707. The fourth-order valence-electron chi connectivity index (χ4n) is 3.17. The Labute approximate surface area is 181 Å². The zero-order valence-electron chi connectivity index (χ0n) is 16.1. The molecule has 1 saturated heterocycles. The highest BCUT2D eigenvalue weighted by Gasteiger charge is 2.31. The predicted octanol–water partition coefficient (Wildman–Crippen LogP) is 3.54. The number of piperazine rings is 1. The zero-order valence-corrected chi connectivity index (χ0v) is 17.7. The summed E-state index contributed by atoms with van der Waals surface area (Å²) in [6.45, 7) is 2.51. The molecule has 1 aliphatic heterocycles. The van der Waals surface area contributed by atoms with Crippen molar-refractivity contribution in [2.75, 3.05) is 32.7 Å². The molecule has 160 valence electrons. The monoisotopic (exact) mass is 483 g/mol. The van der Waals surface area contributed by atoms with E-state index in [9.17, 15) is 22.8 Å². The molecule has 2 aromatic rings. The van der Waals surface area contributed by atoms with Crippen molar-refractivity contribution in [1.29, 1.82) is 0 Å². The van der Waals surface area contributed by atoms with Gasteiger partial charge < -0.3 is 15.1 Å². The number of nitrogens with one attached hydrogen (secondary N) is 1. The molecule has 2 amide bonds.